The molecular weight excluding hydrogens is 677 g/mol. The minimum atomic E-state index is -1.78. The molecule has 2 aromatic carbocycles. The first-order chi connectivity index (χ1) is 25.0. The number of amides is 2. The Balaban J connectivity index is 1.30. The topological polar surface area (TPSA) is 156 Å². The maximum absolute atomic E-state index is 13.8. The summed E-state index contributed by atoms with van der Waals surface area (Å²) in [6, 6.07) is 15.7. The van der Waals surface area contributed by atoms with E-state index < -0.39 is 8.60 Å². The van der Waals surface area contributed by atoms with Gasteiger partial charge in [-0.15, -0.1) is 5.10 Å². The second kappa shape index (κ2) is 23.3. The molecule has 1 aromatic heterocycles. The van der Waals surface area contributed by atoms with Crippen molar-refractivity contribution in [3.05, 3.63) is 54.1 Å². The lowest BCUT2D eigenvalue weighted by Crippen LogP contribution is -2.33. The van der Waals surface area contributed by atoms with Gasteiger partial charge in [-0.2, -0.15) is 0 Å². The van der Waals surface area contributed by atoms with Crippen molar-refractivity contribution in [2.75, 3.05) is 78.0 Å². The van der Waals surface area contributed by atoms with Crippen LogP contribution in [0.3, 0.4) is 0 Å². The Labute approximate surface area is 301 Å². The van der Waals surface area contributed by atoms with Crippen LogP contribution in [-0.4, -0.2) is 105 Å². The molecule has 3 aromatic rings. The molecule has 0 aliphatic carbocycles. The van der Waals surface area contributed by atoms with Crippen molar-refractivity contribution in [1.29, 1.82) is 0 Å². The molecule has 1 atom stereocenters. The predicted molar refractivity (Wildman–Crippen MR) is 194 cm³/mol. The number of hydrogen-bond acceptors (Lipinski definition) is 11. The summed E-state index contributed by atoms with van der Waals surface area (Å²) in [6.07, 6.45) is 3.64. The molecule has 0 fully saturated rings. The quantitative estimate of drug-likeness (QED) is 0.0906. The first-order valence-corrected chi connectivity index (χ1v) is 18.8. The van der Waals surface area contributed by atoms with E-state index in [0.29, 0.717) is 84.8 Å². The van der Waals surface area contributed by atoms with Crippen LogP contribution in [0.1, 0.15) is 51.0 Å². The van der Waals surface area contributed by atoms with Crippen LogP contribution in [-0.2, 0) is 50.7 Å². The zero-order chi connectivity index (χ0) is 36.1. The maximum Gasteiger partial charge on any atom is 0.329 e. The number of aromatic nitrogens is 3. The van der Waals surface area contributed by atoms with Crippen molar-refractivity contribution < 1.29 is 42.5 Å². The van der Waals surface area contributed by atoms with E-state index >= 15 is 0 Å². The van der Waals surface area contributed by atoms with Crippen molar-refractivity contribution >= 4 is 26.1 Å². The third-order valence-corrected chi connectivity index (χ3v) is 8.89. The van der Waals surface area contributed by atoms with E-state index in [1.807, 2.05) is 60.1 Å². The van der Waals surface area contributed by atoms with Gasteiger partial charge in [-0.3, -0.25) is 9.59 Å². The monoisotopic (exact) mass is 729 g/mol. The summed E-state index contributed by atoms with van der Waals surface area (Å²) in [7, 11) is -0.379. The molecule has 0 saturated heterocycles. The van der Waals surface area contributed by atoms with Crippen LogP contribution in [0.25, 0.3) is 22.5 Å². The second-order valence-corrected chi connectivity index (χ2v) is 12.8. The molecule has 1 unspecified atom stereocenters. The molecule has 0 bridgehead atoms. The van der Waals surface area contributed by atoms with Gasteiger partial charge >= 0.3 is 8.60 Å². The Hall–Kier alpha value is -3.33. The van der Waals surface area contributed by atoms with Gasteiger partial charge in [-0.1, -0.05) is 60.5 Å². The third kappa shape index (κ3) is 13.3. The molecule has 51 heavy (non-hydrogen) atoms. The molecule has 4 rings (SSSR count). The summed E-state index contributed by atoms with van der Waals surface area (Å²) in [5.74, 6) is -0.296. The van der Waals surface area contributed by atoms with Crippen molar-refractivity contribution in [2.24, 2.45) is 0 Å². The highest BCUT2D eigenvalue weighted by Crippen LogP contribution is 2.41. The van der Waals surface area contributed by atoms with Crippen LogP contribution in [0.5, 0.6) is 0 Å². The number of benzene rings is 2. The maximum atomic E-state index is 13.8. The van der Waals surface area contributed by atoms with Gasteiger partial charge in [0.1, 0.15) is 5.69 Å². The molecule has 1 aliphatic heterocycles. The lowest BCUT2D eigenvalue weighted by Gasteiger charge is -2.28. The smallest absolute Gasteiger partial charge is 0.329 e. The van der Waals surface area contributed by atoms with Crippen LogP contribution in [0.15, 0.2) is 48.5 Å². The molecule has 2 heterocycles. The number of nitrogens with one attached hydrogen (secondary N) is 1. The molecule has 0 radical (unpaired) electrons. The lowest BCUT2D eigenvalue weighted by molar-refractivity contribution is -0.125. The number of unbranched alkanes of at least 4 members (excludes halogenated alkanes) is 3. The fourth-order valence-corrected chi connectivity index (χ4v) is 5.99. The fourth-order valence-electron chi connectivity index (χ4n) is 5.60. The summed E-state index contributed by atoms with van der Waals surface area (Å²) in [5.41, 5.74) is 4.97. The van der Waals surface area contributed by atoms with Crippen molar-refractivity contribution in [3.63, 3.8) is 0 Å². The van der Waals surface area contributed by atoms with Crippen molar-refractivity contribution in [2.45, 2.75) is 58.5 Å². The number of para-hydroxylation sites is 1. The fraction of sp³-hybridized carbons (Fsp3) is 0.556. The Morgan fingerprint density at radius 3 is 2.24 bits per heavy atom. The number of fused-ring (bicyclic) bond motifs is 5. The summed E-state index contributed by atoms with van der Waals surface area (Å²) in [5, 5.41) is 12.1. The minimum Gasteiger partial charge on any atom is -0.379 e. The molecule has 280 valence electrons. The number of nitrogens with zero attached hydrogens (tertiary/aromatic N) is 4. The second-order valence-electron chi connectivity index (χ2n) is 11.7. The van der Waals surface area contributed by atoms with Gasteiger partial charge in [-0.05, 0) is 31.4 Å². The summed E-state index contributed by atoms with van der Waals surface area (Å²) < 4.78 is 33.8. The van der Waals surface area contributed by atoms with Crippen LogP contribution in [0.4, 0.5) is 5.69 Å². The van der Waals surface area contributed by atoms with E-state index in [4.69, 9.17) is 28.0 Å². The van der Waals surface area contributed by atoms with Gasteiger partial charge in [-0.25, -0.2) is 4.68 Å². The summed E-state index contributed by atoms with van der Waals surface area (Å²) in [6.45, 7) is 7.94. The van der Waals surface area contributed by atoms with E-state index in [0.717, 1.165) is 53.8 Å². The standard InChI is InChI=1S/C36H52N5O9P/c1-3-46-22-23-48-26-27-49-25-24-47-21-19-41-36-30-13-7-6-12-29(30)28-40(32-15-9-8-14-31(32)35(36)38-39-41)34(43)17-16-33(42)37-18-10-4-5-11-20-50-51(44)45-2/h6-9,12-15,44H,3-5,10-11,16-28H2,1-2H3,(H,37,42). The molecule has 1 aliphatic rings. The number of hydrogen-bond donors (Lipinski definition) is 2. The first-order valence-electron chi connectivity index (χ1n) is 17.7. The Morgan fingerprint density at radius 2 is 1.49 bits per heavy atom. The molecule has 15 heteroatoms. The van der Waals surface area contributed by atoms with Crippen LogP contribution >= 0.6 is 8.60 Å². The summed E-state index contributed by atoms with van der Waals surface area (Å²) >= 11 is 0. The molecule has 2 N–H and O–H groups in total. The average molecular weight is 730 g/mol. The highest BCUT2D eigenvalue weighted by molar-refractivity contribution is 7.40. The molecule has 0 spiro atoms. The van der Waals surface area contributed by atoms with Gasteiger partial charge in [0.25, 0.3) is 0 Å². The van der Waals surface area contributed by atoms with Crippen molar-refractivity contribution in [3.8, 4) is 22.5 Å². The normalized spacial score (nSPS) is 12.8. The number of ether oxygens (including phenoxy) is 4. The third-order valence-electron chi connectivity index (χ3n) is 8.17. The molecular formula is C36H52N5O9P. The van der Waals surface area contributed by atoms with Gasteiger partial charge in [0.05, 0.1) is 77.3 Å². The Bertz CT molecular complexity index is 1480. The minimum absolute atomic E-state index is 0.0743. The highest BCUT2D eigenvalue weighted by Gasteiger charge is 2.29. The number of anilines is 1. The van der Waals surface area contributed by atoms with E-state index in [-0.39, 0.29) is 24.7 Å². The Kier molecular flexibility index (Phi) is 18.5. The van der Waals surface area contributed by atoms with E-state index in [1.165, 1.54) is 7.11 Å². The van der Waals surface area contributed by atoms with Crippen LogP contribution in [0, 0.1) is 0 Å². The number of rotatable bonds is 25. The average Bonchev–Trinajstić information content (AvgIpc) is 3.56. The van der Waals surface area contributed by atoms with E-state index in [1.54, 1.807) is 4.90 Å². The molecule has 14 nitrogen and oxygen atoms in total. The molecule has 2 amide bonds. The van der Waals surface area contributed by atoms with Crippen molar-refractivity contribution in [1.82, 2.24) is 20.3 Å². The highest BCUT2D eigenvalue weighted by atomic mass is 31.2. The van der Waals surface area contributed by atoms with Gasteiger partial charge in [0.2, 0.25) is 11.8 Å². The van der Waals surface area contributed by atoms with Gasteiger partial charge < -0.3 is 43.1 Å². The zero-order valence-electron chi connectivity index (χ0n) is 29.8. The largest absolute Gasteiger partial charge is 0.379 e. The van der Waals surface area contributed by atoms with Gasteiger partial charge in [0.15, 0.2) is 0 Å². The van der Waals surface area contributed by atoms with Crippen LogP contribution < -0.4 is 10.2 Å². The number of carbonyl (C=O) groups is 2. The predicted octanol–water partition coefficient (Wildman–Crippen LogP) is 4.88. The lowest BCUT2D eigenvalue weighted by atomic mass is 9.95. The SMILES string of the molecule is CCOCCOCCOCCOCCn1nnc2c1-c1ccccc1CN(C(=O)CCC(=O)NCCCCCCOP(O)OC)c1ccccc1-2. The summed E-state index contributed by atoms with van der Waals surface area (Å²) in [4.78, 5) is 37.5. The Morgan fingerprint density at radius 1 is 0.824 bits per heavy atom. The number of carbonyl (C=O) groups excluding carboxylic acids is 2. The van der Waals surface area contributed by atoms with E-state index in [9.17, 15) is 14.5 Å². The van der Waals surface area contributed by atoms with Gasteiger partial charge in [0, 0.05) is 44.2 Å². The zero-order valence-corrected chi connectivity index (χ0v) is 30.7. The van der Waals surface area contributed by atoms with Crippen LogP contribution in [0.2, 0.25) is 0 Å². The first kappa shape index (κ1) is 40.4. The molecule has 0 saturated carbocycles. The van der Waals surface area contributed by atoms with E-state index in [2.05, 4.69) is 15.6 Å².